The predicted molar refractivity (Wildman–Crippen MR) is 309 cm³/mol. The van der Waals surface area contributed by atoms with Gasteiger partial charge in [0.2, 0.25) is 11.4 Å². The van der Waals surface area contributed by atoms with E-state index >= 15 is 0 Å². The van der Waals surface area contributed by atoms with E-state index in [0.29, 0.717) is 5.75 Å². The normalized spacial score (nSPS) is 12.7. The highest BCUT2D eigenvalue weighted by Gasteiger charge is 2.40. The van der Waals surface area contributed by atoms with Gasteiger partial charge in [0.25, 0.3) is 5.69 Å². The molecule has 0 spiro atoms. The van der Waals surface area contributed by atoms with Crippen molar-refractivity contribution in [1.29, 1.82) is 0 Å². The highest BCUT2D eigenvalue weighted by atomic mass is 16.5. The second-order valence-electron chi connectivity index (χ2n) is 21.5. The van der Waals surface area contributed by atoms with Crippen LogP contribution in [0, 0.1) is 0 Å². The number of hydrogen-bond donors (Lipinski definition) is 0. The molecule has 9 aromatic carbocycles. The van der Waals surface area contributed by atoms with Crippen molar-refractivity contribution < 1.29 is 4.74 Å². The molecule has 12 aromatic rings. The van der Waals surface area contributed by atoms with E-state index in [1.165, 1.54) is 44.1 Å². The third-order valence-corrected chi connectivity index (χ3v) is 14.6. The van der Waals surface area contributed by atoms with Crippen molar-refractivity contribution in [3.8, 4) is 45.3 Å². The summed E-state index contributed by atoms with van der Waals surface area (Å²) in [7, 11) is 0. The topological polar surface area (TPSA) is 38.0 Å². The van der Waals surface area contributed by atoms with Crippen LogP contribution in [0.5, 0.6) is 11.5 Å². The highest BCUT2D eigenvalue weighted by Crippen LogP contribution is 2.45. The monoisotopic (exact) mass is 957 g/mol. The number of para-hydroxylation sites is 3. The van der Waals surface area contributed by atoms with Gasteiger partial charge in [0.05, 0.1) is 33.7 Å². The zero-order valence-corrected chi connectivity index (χ0v) is 42.5. The molecule has 1 aliphatic rings. The van der Waals surface area contributed by atoms with Crippen molar-refractivity contribution in [2.75, 3.05) is 0 Å². The molecule has 0 saturated heterocycles. The molecule has 6 nitrogen and oxygen atoms in total. The quantitative estimate of drug-likeness (QED) is 0.142. The van der Waals surface area contributed by atoms with Gasteiger partial charge in [-0.25, -0.2) is 4.98 Å². The molecule has 0 amide bonds. The number of pyridine rings is 1. The summed E-state index contributed by atoms with van der Waals surface area (Å²) in [6, 6.07) is 82.0. The van der Waals surface area contributed by atoms with Gasteiger partial charge < -0.3 is 9.30 Å². The van der Waals surface area contributed by atoms with E-state index in [1.54, 1.807) is 0 Å². The summed E-state index contributed by atoms with van der Waals surface area (Å²) in [4.78, 5) is 5.03. The van der Waals surface area contributed by atoms with Crippen LogP contribution in [0.1, 0.15) is 52.7 Å². The van der Waals surface area contributed by atoms with Gasteiger partial charge in [-0.1, -0.05) is 151 Å². The van der Waals surface area contributed by atoms with E-state index < -0.39 is 0 Å². The van der Waals surface area contributed by atoms with Crippen LogP contribution in [0.4, 0.5) is 22.7 Å². The van der Waals surface area contributed by atoms with Crippen LogP contribution < -0.4 is 13.9 Å². The maximum absolute atomic E-state index is 6.93. The van der Waals surface area contributed by atoms with Crippen LogP contribution in [0.15, 0.2) is 225 Å². The lowest BCUT2D eigenvalue weighted by Gasteiger charge is -2.20. The first-order valence-electron chi connectivity index (χ1n) is 25.5. The van der Waals surface area contributed by atoms with Gasteiger partial charge in [-0.2, -0.15) is 0 Å². The molecular formula is C68H55N5O+2. The Balaban J connectivity index is 0.935. The van der Waals surface area contributed by atoms with Gasteiger partial charge in [0, 0.05) is 63.8 Å². The van der Waals surface area contributed by atoms with Crippen molar-refractivity contribution >= 4 is 72.4 Å². The molecule has 1 aliphatic heterocycles. The van der Waals surface area contributed by atoms with Crippen molar-refractivity contribution in [2.45, 2.75) is 52.4 Å². The number of aromatic nitrogens is 3. The van der Waals surface area contributed by atoms with E-state index in [-0.39, 0.29) is 10.8 Å². The Morgan fingerprint density at radius 1 is 0.419 bits per heavy atom. The lowest BCUT2D eigenvalue weighted by molar-refractivity contribution is 0.483. The third kappa shape index (κ3) is 7.70. The minimum absolute atomic E-state index is 0.0335. The third-order valence-electron chi connectivity index (χ3n) is 14.6. The maximum atomic E-state index is 6.93. The van der Waals surface area contributed by atoms with E-state index in [1.807, 2.05) is 12.3 Å². The molecule has 13 rings (SSSR count). The average molecular weight is 958 g/mol. The highest BCUT2D eigenvalue weighted by molar-refractivity contribution is 6.12. The minimum Gasteiger partial charge on any atom is -0.457 e. The molecular weight excluding hydrogens is 903 g/mol. The Morgan fingerprint density at radius 3 is 1.81 bits per heavy atom. The lowest BCUT2D eigenvalue weighted by Crippen LogP contribution is -2.12. The Hall–Kier alpha value is -9.09. The standard InChI is InChI=1S/C68H55N5O/c1-67(2,3)48-22-15-23-50(39-48)71-44-70(63-31-17-28-55(66(63)71)47-21-14-20-46(38-47)45-18-8-7-9-19-45)51-24-16-25-53(41-51)74-54-33-34-58-59-42-52(72-60-29-12-10-26-56(60)57-27-11-13-30-61(57)72)32-35-62(59)73(64(58)43-54)65-40-49(36-37-69-65)68(4,5)6/h7-43H,1-6H3/q+2. The minimum atomic E-state index is -0.0628. The van der Waals surface area contributed by atoms with Gasteiger partial charge in [0.1, 0.15) is 17.3 Å². The van der Waals surface area contributed by atoms with Gasteiger partial charge in [-0.15, -0.1) is 0 Å². The van der Waals surface area contributed by atoms with Gasteiger partial charge in [-0.05, 0) is 121 Å². The molecule has 0 atom stereocenters. The number of ether oxygens (including phenoxy) is 1. The number of nitrogens with zero attached hydrogens (tertiary/aromatic N) is 5. The predicted octanol–water partition coefficient (Wildman–Crippen LogP) is 17.9. The summed E-state index contributed by atoms with van der Waals surface area (Å²) >= 11 is 0. The summed E-state index contributed by atoms with van der Waals surface area (Å²) in [5.74, 6) is 2.31. The second kappa shape index (κ2) is 17.3. The molecule has 4 heterocycles. The average Bonchev–Trinajstić information content (AvgIpc) is 4.09. The van der Waals surface area contributed by atoms with Crippen LogP contribution in [0.25, 0.3) is 77.4 Å². The first-order valence-corrected chi connectivity index (χ1v) is 25.5. The fraction of sp³-hybridized carbons (Fsp3) is 0.118. The summed E-state index contributed by atoms with van der Waals surface area (Å²) in [6.45, 7) is 13.5. The molecule has 0 saturated carbocycles. The Kier molecular flexibility index (Phi) is 10.5. The summed E-state index contributed by atoms with van der Waals surface area (Å²) in [5, 5.41) is 4.73. The fourth-order valence-corrected chi connectivity index (χ4v) is 10.8. The van der Waals surface area contributed by atoms with Crippen LogP contribution in [0.2, 0.25) is 0 Å². The zero-order valence-electron chi connectivity index (χ0n) is 42.5. The van der Waals surface area contributed by atoms with E-state index in [9.17, 15) is 0 Å². The molecule has 0 fully saturated rings. The number of hydrogen-bond acceptors (Lipinski definition) is 2. The molecule has 0 unspecified atom stereocenters. The first-order chi connectivity index (χ1) is 35.9. The van der Waals surface area contributed by atoms with Gasteiger partial charge in [-0.3, -0.25) is 4.57 Å². The number of fused-ring (bicyclic) bond motifs is 7. The van der Waals surface area contributed by atoms with Gasteiger partial charge >= 0.3 is 11.7 Å². The van der Waals surface area contributed by atoms with Crippen molar-refractivity contribution in [3.05, 3.63) is 236 Å². The first kappa shape index (κ1) is 44.8. The van der Waals surface area contributed by atoms with E-state index in [4.69, 9.17) is 9.72 Å². The van der Waals surface area contributed by atoms with Crippen LogP contribution in [-0.4, -0.2) is 20.1 Å². The fourth-order valence-electron chi connectivity index (χ4n) is 10.8. The SMILES string of the molecule is CC(C)(C)c1cccc([N+]2=C=[N+](c3cccc(Oc4ccc5c6cc(-n7c8ccccc8c8ccccc87)ccc6n(-c6cc(C(C)(C)C)ccn6)c5c4)c3)c3cccc(-c4cccc(-c5ccccc5)c4)c32)c1. The Morgan fingerprint density at radius 2 is 1.04 bits per heavy atom. The molecule has 0 aliphatic carbocycles. The largest absolute Gasteiger partial charge is 0.503 e. The smallest absolute Gasteiger partial charge is 0.457 e. The Labute approximate surface area is 431 Å². The molecule has 0 radical (unpaired) electrons. The Bertz CT molecular complexity index is 4230. The molecule has 356 valence electrons. The number of benzene rings is 9. The molecule has 74 heavy (non-hydrogen) atoms. The van der Waals surface area contributed by atoms with Crippen molar-refractivity contribution in [2.24, 2.45) is 0 Å². The zero-order chi connectivity index (χ0) is 50.3. The molecule has 0 bridgehead atoms. The summed E-state index contributed by atoms with van der Waals surface area (Å²) in [5.41, 5.74) is 16.6. The molecule has 3 aromatic heterocycles. The van der Waals surface area contributed by atoms with Crippen LogP contribution in [0.3, 0.4) is 0 Å². The maximum Gasteiger partial charge on any atom is 0.503 e. The molecule has 6 heteroatoms. The second-order valence-corrected chi connectivity index (χ2v) is 21.5. The summed E-state index contributed by atoms with van der Waals surface area (Å²) in [6.07, 6.45) is 1.93. The van der Waals surface area contributed by atoms with Gasteiger partial charge in [0.15, 0.2) is 0 Å². The van der Waals surface area contributed by atoms with Crippen LogP contribution in [-0.2, 0) is 10.8 Å². The van der Waals surface area contributed by atoms with Crippen molar-refractivity contribution in [1.82, 2.24) is 23.3 Å². The number of rotatable bonds is 8. The van der Waals surface area contributed by atoms with E-state index in [2.05, 4.69) is 278 Å². The molecule has 0 N–H and O–H groups in total. The van der Waals surface area contributed by atoms with E-state index in [0.717, 1.165) is 72.9 Å². The van der Waals surface area contributed by atoms with Crippen LogP contribution >= 0.6 is 0 Å². The van der Waals surface area contributed by atoms with Crippen molar-refractivity contribution in [3.63, 3.8) is 0 Å². The summed E-state index contributed by atoms with van der Waals surface area (Å²) < 4.78 is 16.0. The lowest BCUT2D eigenvalue weighted by atomic mass is 9.87.